The van der Waals surface area contributed by atoms with E-state index < -0.39 is 10.0 Å². The van der Waals surface area contributed by atoms with E-state index in [2.05, 4.69) is 15.6 Å². The molecule has 0 saturated carbocycles. The van der Waals surface area contributed by atoms with Crippen LogP contribution < -0.4 is 10.2 Å². The Hall–Kier alpha value is -2.20. The van der Waals surface area contributed by atoms with Crippen LogP contribution in [0.1, 0.15) is 34.1 Å². The summed E-state index contributed by atoms with van der Waals surface area (Å²) in [5.74, 6) is -0.282. The Balaban J connectivity index is 2.24. The SMILES string of the molecule is CCC(C)NC(=O)COn1nnc2ccc(S(=O)(=O)N(CC)CC)cc21. The second kappa shape index (κ2) is 8.45. The number of benzene rings is 1. The molecular weight excluding hydrogens is 358 g/mol. The molecule has 0 radical (unpaired) electrons. The van der Waals surface area contributed by atoms with Crippen molar-refractivity contribution >= 4 is 27.0 Å². The number of nitrogens with one attached hydrogen (secondary N) is 1. The number of amides is 1. The Morgan fingerprint density at radius 1 is 1.31 bits per heavy atom. The van der Waals surface area contributed by atoms with Gasteiger partial charge in [0, 0.05) is 19.1 Å². The van der Waals surface area contributed by atoms with Gasteiger partial charge in [0.25, 0.3) is 5.91 Å². The molecule has 2 aromatic rings. The van der Waals surface area contributed by atoms with E-state index in [0.717, 1.165) is 11.3 Å². The van der Waals surface area contributed by atoms with Gasteiger partial charge >= 0.3 is 0 Å². The lowest BCUT2D eigenvalue weighted by molar-refractivity contribution is -0.126. The van der Waals surface area contributed by atoms with Gasteiger partial charge < -0.3 is 10.2 Å². The Morgan fingerprint density at radius 3 is 2.62 bits per heavy atom. The van der Waals surface area contributed by atoms with E-state index in [9.17, 15) is 13.2 Å². The van der Waals surface area contributed by atoms with Crippen molar-refractivity contribution in [1.82, 2.24) is 24.8 Å². The first-order valence-corrected chi connectivity index (χ1v) is 10.1. The monoisotopic (exact) mass is 383 g/mol. The molecule has 0 fully saturated rings. The number of carbonyl (C=O) groups excluding carboxylic acids is 1. The van der Waals surface area contributed by atoms with Crippen LogP contribution in [-0.4, -0.2) is 59.5 Å². The van der Waals surface area contributed by atoms with E-state index in [4.69, 9.17) is 4.84 Å². The largest absolute Gasteiger partial charge is 0.385 e. The van der Waals surface area contributed by atoms with Crippen molar-refractivity contribution < 1.29 is 18.0 Å². The molecule has 0 bridgehead atoms. The summed E-state index contributed by atoms with van der Waals surface area (Å²) in [5.41, 5.74) is 0.861. The number of fused-ring (bicyclic) bond motifs is 1. The molecule has 1 aromatic heterocycles. The predicted octanol–water partition coefficient (Wildman–Crippen LogP) is 0.805. The van der Waals surface area contributed by atoms with Gasteiger partial charge in [0.1, 0.15) is 11.0 Å². The van der Waals surface area contributed by atoms with E-state index in [-0.39, 0.29) is 23.5 Å². The molecule has 0 aliphatic rings. The third-order valence-electron chi connectivity index (χ3n) is 4.07. The zero-order valence-corrected chi connectivity index (χ0v) is 16.3. The number of rotatable bonds is 9. The zero-order chi connectivity index (χ0) is 19.3. The molecule has 2 rings (SSSR count). The van der Waals surface area contributed by atoms with Gasteiger partial charge in [0.15, 0.2) is 6.61 Å². The molecule has 1 N–H and O–H groups in total. The Bertz CT molecular complexity index is 861. The first-order chi connectivity index (χ1) is 12.3. The van der Waals surface area contributed by atoms with Gasteiger partial charge in [0.05, 0.1) is 4.90 Å². The minimum atomic E-state index is -3.61. The fraction of sp³-hybridized carbons (Fsp3) is 0.562. The molecule has 1 atom stereocenters. The third-order valence-corrected chi connectivity index (χ3v) is 6.11. The van der Waals surface area contributed by atoms with Gasteiger partial charge in [0.2, 0.25) is 10.0 Å². The van der Waals surface area contributed by atoms with Gasteiger partial charge in [-0.1, -0.05) is 25.6 Å². The molecule has 1 heterocycles. The second-order valence-corrected chi connectivity index (χ2v) is 7.79. The highest BCUT2D eigenvalue weighted by Gasteiger charge is 2.23. The van der Waals surface area contributed by atoms with Crippen molar-refractivity contribution in [2.45, 2.75) is 45.1 Å². The standard InChI is InChI=1S/C16H25N5O4S/c1-5-12(4)17-16(22)11-25-21-15-10-13(8-9-14(15)18-19-21)26(23,24)20(6-2)7-3/h8-10,12H,5-7,11H2,1-4H3,(H,17,22). The van der Waals surface area contributed by atoms with E-state index in [0.29, 0.717) is 24.1 Å². The summed E-state index contributed by atoms with van der Waals surface area (Å²) in [5, 5.41) is 10.5. The first kappa shape index (κ1) is 20.1. The van der Waals surface area contributed by atoms with Crippen LogP contribution in [0, 0.1) is 0 Å². The zero-order valence-electron chi connectivity index (χ0n) is 15.5. The first-order valence-electron chi connectivity index (χ1n) is 8.61. The average molecular weight is 383 g/mol. The highest BCUT2D eigenvalue weighted by Crippen LogP contribution is 2.20. The maximum atomic E-state index is 12.7. The Labute approximate surface area is 153 Å². The molecule has 0 aliphatic heterocycles. The van der Waals surface area contributed by atoms with Crippen molar-refractivity contribution in [2.24, 2.45) is 0 Å². The minimum absolute atomic E-state index is 0.0457. The highest BCUT2D eigenvalue weighted by atomic mass is 32.2. The molecule has 144 valence electrons. The molecule has 9 nitrogen and oxygen atoms in total. The third kappa shape index (κ3) is 4.31. The van der Waals surface area contributed by atoms with Crippen LogP contribution in [-0.2, 0) is 14.8 Å². The summed E-state index contributed by atoms with van der Waals surface area (Å²) in [7, 11) is -3.61. The topological polar surface area (TPSA) is 106 Å². The molecule has 1 aromatic carbocycles. The second-order valence-electron chi connectivity index (χ2n) is 5.85. The molecule has 0 spiro atoms. The van der Waals surface area contributed by atoms with Gasteiger partial charge in [-0.15, -0.1) is 5.10 Å². The minimum Gasteiger partial charge on any atom is -0.385 e. The summed E-state index contributed by atoms with van der Waals surface area (Å²) >= 11 is 0. The lowest BCUT2D eigenvalue weighted by Crippen LogP contribution is -2.37. The summed E-state index contributed by atoms with van der Waals surface area (Å²) in [6.07, 6.45) is 0.810. The van der Waals surface area contributed by atoms with E-state index in [1.807, 2.05) is 13.8 Å². The quantitative estimate of drug-likeness (QED) is 0.687. The summed E-state index contributed by atoms with van der Waals surface area (Å²) in [6, 6.07) is 4.56. The van der Waals surface area contributed by atoms with E-state index in [1.54, 1.807) is 19.9 Å². The molecule has 0 aliphatic carbocycles. The van der Waals surface area contributed by atoms with Gasteiger partial charge in [-0.2, -0.15) is 4.31 Å². The maximum absolute atomic E-state index is 12.7. The van der Waals surface area contributed by atoms with Gasteiger partial charge in [-0.3, -0.25) is 4.79 Å². The van der Waals surface area contributed by atoms with Crippen LogP contribution in [0.15, 0.2) is 23.1 Å². The van der Waals surface area contributed by atoms with Crippen LogP contribution >= 0.6 is 0 Å². The van der Waals surface area contributed by atoms with Crippen LogP contribution in [0.25, 0.3) is 11.0 Å². The predicted molar refractivity (Wildman–Crippen MR) is 97.0 cm³/mol. The Morgan fingerprint density at radius 2 is 2.00 bits per heavy atom. The summed E-state index contributed by atoms with van der Waals surface area (Å²) in [4.78, 5) is 18.4. The van der Waals surface area contributed by atoms with Crippen LogP contribution in [0.5, 0.6) is 0 Å². The van der Waals surface area contributed by atoms with Crippen LogP contribution in [0.3, 0.4) is 0 Å². The highest BCUT2D eigenvalue weighted by molar-refractivity contribution is 7.89. The molecule has 0 saturated heterocycles. The maximum Gasteiger partial charge on any atom is 0.260 e. The number of carbonyl (C=O) groups is 1. The lowest BCUT2D eigenvalue weighted by Gasteiger charge is -2.18. The number of aromatic nitrogens is 3. The number of sulfonamides is 1. The van der Waals surface area contributed by atoms with Crippen molar-refractivity contribution in [1.29, 1.82) is 0 Å². The Kier molecular flexibility index (Phi) is 6.54. The van der Waals surface area contributed by atoms with Crippen LogP contribution in [0.4, 0.5) is 0 Å². The van der Waals surface area contributed by atoms with Crippen molar-refractivity contribution in [3.63, 3.8) is 0 Å². The average Bonchev–Trinajstić information content (AvgIpc) is 3.03. The van der Waals surface area contributed by atoms with Crippen molar-refractivity contribution in [3.8, 4) is 0 Å². The normalized spacial score (nSPS) is 13.1. The summed E-state index contributed by atoms with van der Waals surface area (Å²) < 4.78 is 26.7. The summed E-state index contributed by atoms with van der Waals surface area (Å²) in [6.45, 7) is 7.94. The fourth-order valence-corrected chi connectivity index (χ4v) is 3.86. The van der Waals surface area contributed by atoms with Crippen LogP contribution in [0.2, 0.25) is 0 Å². The van der Waals surface area contributed by atoms with E-state index >= 15 is 0 Å². The lowest BCUT2D eigenvalue weighted by atomic mass is 10.2. The van der Waals surface area contributed by atoms with Gasteiger partial charge in [-0.25, -0.2) is 8.42 Å². The van der Waals surface area contributed by atoms with Gasteiger partial charge in [-0.05, 0) is 36.8 Å². The number of hydrogen-bond acceptors (Lipinski definition) is 6. The fourth-order valence-electron chi connectivity index (χ4n) is 2.38. The molecule has 26 heavy (non-hydrogen) atoms. The van der Waals surface area contributed by atoms with E-state index in [1.165, 1.54) is 16.4 Å². The molecular formula is C16H25N5O4S. The molecule has 1 unspecified atom stereocenters. The number of hydrogen-bond donors (Lipinski definition) is 1. The van der Waals surface area contributed by atoms with Crippen molar-refractivity contribution in [2.75, 3.05) is 19.7 Å². The smallest absolute Gasteiger partial charge is 0.260 e. The molecule has 10 heteroatoms. The molecule has 1 amide bonds. The number of nitrogens with zero attached hydrogens (tertiary/aromatic N) is 4. The van der Waals surface area contributed by atoms with Crippen molar-refractivity contribution in [3.05, 3.63) is 18.2 Å².